The maximum atomic E-state index is 11.3. The zero-order valence-corrected chi connectivity index (χ0v) is 8.34. The molecular formula is C9H13NO2S. The lowest BCUT2D eigenvalue weighted by Gasteiger charge is -2.04. The summed E-state index contributed by atoms with van der Waals surface area (Å²) >= 11 is 0. The van der Waals surface area contributed by atoms with Gasteiger partial charge in [0.15, 0.2) is 9.84 Å². The van der Waals surface area contributed by atoms with Gasteiger partial charge in [-0.3, -0.25) is 0 Å². The molecule has 0 unspecified atom stereocenters. The Morgan fingerprint density at radius 3 is 2.46 bits per heavy atom. The van der Waals surface area contributed by atoms with Crippen LogP contribution in [0.5, 0.6) is 0 Å². The third-order valence-corrected chi connectivity index (χ3v) is 3.50. The van der Waals surface area contributed by atoms with Crippen molar-refractivity contribution in [2.45, 2.75) is 12.7 Å². The smallest absolute Gasteiger partial charge is 0.154 e. The fraction of sp³-hybridized carbons (Fsp3) is 0.333. The highest BCUT2D eigenvalue weighted by Crippen LogP contribution is 2.14. The maximum Gasteiger partial charge on any atom is 0.154 e. The van der Waals surface area contributed by atoms with Gasteiger partial charge in [0, 0.05) is 11.4 Å². The molecule has 1 rings (SSSR count). The van der Waals surface area contributed by atoms with Crippen LogP contribution in [-0.2, 0) is 15.6 Å². The minimum absolute atomic E-state index is 0.0379. The Labute approximate surface area is 78.5 Å². The molecule has 0 aliphatic carbocycles. The molecule has 0 saturated carbocycles. The van der Waals surface area contributed by atoms with Crippen molar-refractivity contribution in [2.75, 3.05) is 11.5 Å². The monoisotopic (exact) mass is 199 g/mol. The van der Waals surface area contributed by atoms with Gasteiger partial charge in [-0.25, -0.2) is 8.42 Å². The van der Waals surface area contributed by atoms with Crippen LogP contribution in [0.4, 0.5) is 5.69 Å². The SMILES string of the molecule is CCS(=O)(=O)Cc1ccccc1N. The van der Waals surface area contributed by atoms with Crippen molar-refractivity contribution in [3.05, 3.63) is 29.8 Å². The molecule has 0 atom stereocenters. The Hall–Kier alpha value is -1.03. The molecule has 13 heavy (non-hydrogen) atoms. The summed E-state index contributed by atoms with van der Waals surface area (Å²) < 4.78 is 22.5. The van der Waals surface area contributed by atoms with E-state index in [0.29, 0.717) is 11.3 Å². The number of nitrogens with two attached hydrogens (primary N) is 1. The van der Waals surface area contributed by atoms with Crippen LogP contribution < -0.4 is 5.73 Å². The second-order valence-corrected chi connectivity index (χ2v) is 5.23. The van der Waals surface area contributed by atoms with Crippen LogP contribution in [0.1, 0.15) is 12.5 Å². The molecule has 0 aromatic heterocycles. The van der Waals surface area contributed by atoms with E-state index in [1.165, 1.54) is 0 Å². The van der Waals surface area contributed by atoms with E-state index in [-0.39, 0.29) is 11.5 Å². The van der Waals surface area contributed by atoms with Crippen molar-refractivity contribution in [2.24, 2.45) is 0 Å². The van der Waals surface area contributed by atoms with Gasteiger partial charge in [0.05, 0.1) is 5.75 Å². The molecule has 0 radical (unpaired) electrons. The maximum absolute atomic E-state index is 11.3. The van der Waals surface area contributed by atoms with Gasteiger partial charge in [0.1, 0.15) is 0 Å². The lowest BCUT2D eigenvalue weighted by Crippen LogP contribution is -2.08. The van der Waals surface area contributed by atoms with Crippen LogP contribution in [0, 0.1) is 0 Å². The molecule has 0 saturated heterocycles. The Bertz CT molecular complexity index is 384. The van der Waals surface area contributed by atoms with Crippen LogP contribution in [0.2, 0.25) is 0 Å². The van der Waals surface area contributed by atoms with E-state index in [1.807, 2.05) is 0 Å². The summed E-state index contributed by atoms with van der Waals surface area (Å²) in [4.78, 5) is 0. The summed E-state index contributed by atoms with van der Waals surface area (Å²) in [6.45, 7) is 1.63. The second-order valence-electron chi connectivity index (χ2n) is 2.88. The van der Waals surface area contributed by atoms with Crippen LogP contribution in [-0.4, -0.2) is 14.2 Å². The molecule has 0 spiro atoms. The number of rotatable bonds is 3. The minimum Gasteiger partial charge on any atom is -0.398 e. The minimum atomic E-state index is -2.98. The summed E-state index contributed by atoms with van der Waals surface area (Å²) in [6, 6.07) is 7.03. The Balaban J connectivity index is 2.93. The molecular weight excluding hydrogens is 186 g/mol. The molecule has 0 heterocycles. The van der Waals surface area contributed by atoms with Crippen molar-refractivity contribution in [1.29, 1.82) is 0 Å². The van der Waals surface area contributed by atoms with Gasteiger partial charge in [-0.1, -0.05) is 25.1 Å². The normalized spacial score (nSPS) is 11.5. The van der Waals surface area contributed by atoms with Gasteiger partial charge >= 0.3 is 0 Å². The molecule has 0 aliphatic rings. The number of anilines is 1. The molecule has 1 aromatic carbocycles. The average molecular weight is 199 g/mol. The van der Waals surface area contributed by atoms with Crippen molar-refractivity contribution in [3.8, 4) is 0 Å². The molecule has 0 amide bonds. The second kappa shape index (κ2) is 3.79. The largest absolute Gasteiger partial charge is 0.398 e. The third kappa shape index (κ3) is 2.73. The van der Waals surface area contributed by atoms with E-state index in [9.17, 15) is 8.42 Å². The Morgan fingerprint density at radius 1 is 1.31 bits per heavy atom. The van der Waals surface area contributed by atoms with Crippen LogP contribution in [0.3, 0.4) is 0 Å². The van der Waals surface area contributed by atoms with Crippen LogP contribution in [0.25, 0.3) is 0 Å². The topological polar surface area (TPSA) is 60.2 Å². The first kappa shape index (κ1) is 10.1. The molecule has 0 bridgehead atoms. The van der Waals surface area contributed by atoms with Gasteiger partial charge in [-0.15, -0.1) is 0 Å². The standard InChI is InChI=1S/C9H13NO2S/c1-2-13(11,12)7-8-5-3-4-6-9(8)10/h3-6H,2,7,10H2,1H3. The highest BCUT2D eigenvalue weighted by atomic mass is 32.2. The molecule has 3 nitrogen and oxygen atoms in total. The first-order valence-corrected chi connectivity index (χ1v) is 5.91. The van der Waals surface area contributed by atoms with Gasteiger partial charge in [0.25, 0.3) is 0 Å². The Morgan fingerprint density at radius 2 is 1.92 bits per heavy atom. The van der Waals surface area contributed by atoms with Gasteiger partial charge in [-0.05, 0) is 11.6 Å². The van der Waals surface area contributed by atoms with Gasteiger partial charge in [-0.2, -0.15) is 0 Å². The molecule has 0 aliphatic heterocycles. The third-order valence-electron chi connectivity index (χ3n) is 1.87. The first-order valence-electron chi connectivity index (χ1n) is 4.09. The number of hydrogen-bond donors (Lipinski definition) is 1. The van der Waals surface area contributed by atoms with Crippen molar-refractivity contribution in [3.63, 3.8) is 0 Å². The number of benzene rings is 1. The van der Waals surface area contributed by atoms with E-state index >= 15 is 0 Å². The van der Waals surface area contributed by atoms with Crippen molar-refractivity contribution >= 4 is 15.5 Å². The van der Waals surface area contributed by atoms with E-state index in [1.54, 1.807) is 31.2 Å². The first-order chi connectivity index (χ1) is 6.05. The Kier molecular flexibility index (Phi) is 2.93. The predicted octanol–water partition coefficient (Wildman–Crippen LogP) is 1.20. The summed E-state index contributed by atoms with van der Waals surface area (Å²) in [7, 11) is -2.98. The summed E-state index contributed by atoms with van der Waals surface area (Å²) in [5.41, 5.74) is 6.84. The quantitative estimate of drug-likeness (QED) is 0.744. The highest BCUT2D eigenvalue weighted by molar-refractivity contribution is 7.90. The molecule has 2 N–H and O–H groups in total. The number of hydrogen-bond acceptors (Lipinski definition) is 3. The highest BCUT2D eigenvalue weighted by Gasteiger charge is 2.10. The number of para-hydroxylation sites is 1. The zero-order valence-electron chi connectivity index (χ0n) is 7.53. The molecule has 1 aromatic rings. The summed E-state index contributed by atoms with van der Waals surface area (Å²) in [5, 5.41) is 0. The molecule has 0 fully saturated rings. The fourth-order valence-corrected chi connectivity index (χ4v) is 1.95. The number of nitrogen functional groups attached to an aromatic ring is 1. The van der Waals surface area contributed by atoms with E-state index < -0.39 is 9.84 Å². The lowest BCUT2D eigenvalue weighted by molar-refractivity contribution is 0.596. The van der Waals surface area contributed by atoms with E-state index in [0.717, 1.165) is 0 Å². The van der Waals surface area contributed by atoms with E-state index in [2.05, 4.69) is 0 Å². The zero-order chi connectivity index (χ0) is 9.90. The van der Waals surface area contributed by atoms with Crippen LogP contribution in [0.15, 0.2) is 24.3 Å². The summed E-state index contributed by atoms with van der Waals surface area (Å²) in [6.07, 6.45) is 0. The molecule has 4 heteroatoms. The van der Waals surface area contributed by atoms with Gasteiger partial charge in [0.2, 0.25) is 0 Å². The van der Waals surface area contributed by atoms with Gasteiger partial charge < -0.3 is 5.73 Å². The van der Waals surface area contributed by atoms with Crippen molar-refractivity contribution < 1.29 is 8.42 Å². The van der Waals surface area contributed by atoms with Crippen LogP contribution >= 0.6 is 0 Å². The van der Waals surface area contributed by atoms with E-state index in [4.69, 9.17) is 5.73 Å². The van der Waals surface area contributed by atoms with Crippen molar-refractivity contribution in [1.82, 2.24) is 0 Å². The summed E-state index contributed by atoms with van der Waals surface area (Å²) in [5.74, 6) is 0.192. The fourth-order valence-electron chi connectivity index (χ4n) is 1.00. The predicted molar refractivity (Wildman–Crippen MR) is 54.0 cm³/mol. The molecule has 72 valence electrons. The average Bonchev–Trinajstić information content (AvgIpc) is 2.09. The lowest BCUT2D eigenvalue weighted by atomic mass is 10.2. The number of sulfone groups is 1.